The van der Waals surface area contributed by atoms with Crippen LogP contribution in [0.3, 0.4) is 0 Å². The number of amides is 4. The van der Waals surface area contributed by atoms with Crippen LogP contribution in [0.5, 0.6) is 0 Å². The number of ether oxygens (including phenoxy) is 2. The van der Waals surface area contributed by atoms with Crippen LogP contribution in [-0.2, 0) is 19.1 Å². The van der Waals surface area contributed by atoms with E-state index in [0.717, 1.165) is 44.4 Å². The van der Waals surface area contributed by atoms with Crippen LogP contribution in [0.4, 0.5) is 27.2 Å². The summed E-state index contributed by atoms with van der Waals surface area (Å²) < 4.78 is 66.0. The maximum absolute atomic E-state index is 14.3. The third-order valence-electron chi connectivity index (χ3n) is 15.3. The number of aromatic amines is 2. The Hall–Kier alpha value is -6.46. The smallest absolute Gasteiger partial charge is 0.407 e. The SMILES string of the molecule is COC(=O)NC(C(=O)N1[C@@H](C)CC[C@H]1c1ncc(-c2ccc3cc(-c4ccc(-c5cnc([C@@H]6CC[C@H](C)N6C(=O)[C@@H](NC(=O)OC)C6CCC(F)(F)CC6)[nH]5)cc4)ccc3c2)[nH]1)C1CCC(F)(F)CC1. The molecule has 5 aromatic rings. The summed E-state index contributed by atoms with van der Waals surface area (Å²) in [6, 6.07) is 17.4. The Morgan fingerprint density at radius 1 is 0.571 bits per heavy atom. The molecule has 3 aromatic carbocycles. The van der Waals surface area contributed by atoms with Gasteiger partial charge in [0.1, 0.15) is 23.7 Å². The minimum atomic E-state index is -2.78. The number of hydrogen-bond donors (Lipinski definition) is 4. The number of carbonyl (C=O) groups is 4. The monoisotopic (exact) mass is 968 g/mol. The predicted molar refractivity (Wildman–Crippen MR) is 254 cm³/mol. The molecule has 4 aliphatic rings. The first-order chi connectivity index (χ1) is 33.5. The molecule has 372 valence electrons. The number of rotatable bonds is 11. The summed E-state index contributed by atoms with van der Waals surface area (Å²) in [7, 11) is 2.42. The number of methoxy groups -OCH3 is 2. The van der Waals surface area contributed by atoms with Crippen molar-refractivity contribution in [3.8, 4) is 33.6 Å². The van der Waals surface area contributed by atoms with Crippen molar-refractivity contribution >= 4 is 34.8 Å². The fraction of sp³-hybridized carbons (Fsp3) is 0.500. The number of carbonyl (C=O) groups excluding carboxylic acids is 4. The number of alkyl halides is 4. The third kappa shape index (κ3) is 10.1. The molecule has 4 fully saturated rings. The molecule has 1 unspecified atom stereocenters. The lowest BCUT2D eigenvalue weighted by Crippen LogP contribution is -2.54. The summed E-state index contributed by atoms with van der Waals surface area (Å²) in [5, 5.41) is 7.38. The second-order valence-electron chi connectivity index (χ2n) is 19.7. The normalized spacial score (nSPS) is 23.5. The molecule has 4 N–H and O–H groups in total. The third-order valence-corrected chi connectivity index (χ3v) is 15.3. The van der Waals surface area contributed by atoms with E-state index in [4.69, 9.17) is 19.4 Å². The Balaban J connectivity index is 0.872. The fourth-order valence-corrected chi connectivity index (χ4v) is 11.2. The van der Waals surface area contributed by atoms with Crippen molar-refractivity contribution in [2.45, 2.75) is 139 Å². The van der Waals surface area contributed by atoms with Gasteiger partial charge < -0.3 is 39.9 Å². The van der Waals surface area contributed by atoms with Gasteiger partial charge in [0.2, 0.25) is 23.7 Å². The molecule has 2 aliphatic carbocycles. The van der Waals surface area contributed by atoms with E-state index in [9.17, 15) is 36.7 Å². The van der Waals surface area contributed by atoms with E-state index in [1.54, 1.807) is 22.2 Å². The maximum Gasteiger partial charge on any atom is 0.407 e. The van der Waals surface area contributed by atoms with Crippen molar-refractivity contribution in [3.05, 3.63) is 84.7 Å². The zero-order valence-electron chi connectivity index (χ0n) is 39.8. The number of nitrogens with one attached hydrogen (secondary N) is 4. The van der Waals surface area contributed by atoms with E-state index in [0.29, 0.717) is 37.3 Å². The minimum absolute atomic E-state index is 0.113. The fourth-order valence-electron chi connectivity index (χ4n) is 11.2. The van der Waals surface area contributed by atoms with Crippen molar-refractivity contribution in [3.63, 3.8) is 0 Å². The number of alkyl carbamates (subject to hydrolysis) is 2. The average molecular weight is 969 g/mol. The Kier molecular flexibility index (Phi) is 13.7. The van der Waals surface area contributed by atoms with Gasteiger partial charge in [0.15, 0.2) is 0 Å². The maximum atomic E-state index is 14.3. The van der Waals surface area contributed by atoms with E-state index >= 15 is 0 Å². The molecule has 4 heterocycles. The molecule has 0 radical (unpaired) electrons. The lowest BCUT2D eigenvalue weighted by molar-refractivity contribution is -0.140. The van der Waals surface area contributed by atoms with Gasteiger partial charge in [-0.3, -0.25) is 9.59 Å². The van der Waals surface area contributed by atoms with Gasteiger partial charge in [-0.2, -0.15) is 0 Å². The molecule has 0 bridgehead atoms. The highest BCUT2D eigenvalue weighted by Crippen LogP contribution is 2.43. The topological polar surface area (TPSA) is 175 Å². The number of imidazole rings is 2. The van der Waals surface area contributed by atoms with Crippen LogP contribution >= 0.6 is 0 Å². The predicted octanol–water partition coefficient (Wildman–Crippen LogP) is 10.5. The van der Waals surface area contributed by atoms with Gasteiger partial charge in [-0.05, 0) is 117 Å². The van der Waals surface area contributed by atoms with Crippen molar-refractivity contribution in [1.29, 1.82) is 0 Å². The molecule has 9 rings (SSSR count). The molecule has 70 heavy (non-hydrogen) atoms. The van der Waals surface area contributed by atoms with Gasteiger partial charge in [-0.15, -0.1) is 0 Å². The Morgan fingerprint density at radius 2 is 0.957 bits per heavy atom. The lowest BCUT2D eigenvalue weighted by Gasteiger charge is -2.37. The zero-order chi connectivity index (χ0) is 49.5. The van der Waals surface area contributed by atoms with Crippen LogP contribution in [0.25, 0.3) is 44.4 Å². The van der Waals surface area contributed by atoms with Crippen LogP contribution in [0.1, 0.15) is 115 Å². The summed E-state index contributed by atoms with van der Waals surface area (Å²) in [6.45, 7) is 3.90. The second kappa shape index (κ2) is 19.7. The number of benzene rings is 3. The summed E-state index contributed by atoms with van der Waals surface area (Å²) in [6.07, 6.45) is 3.77. The Labute approximate surface area is 403 Å². The number of nitrogens with zero attached hydrogens (tertiary/aromatic N) is 4. The van der Waals surface area contributed by atoms with Gasteiger partial charge in [0.05, 0.1) is 50.1 Å². The van der Waals surface area contributed by atoms with Gasteiger partial charge in [0, 0.05) is 43.3 Å². The lowest BCUT2D eigenvalue weighted by atomic mass is 9.81. The van der Waals surface area contributed by atoms with E-state index in [1.165, 1.54) is 14.2 Å². The van der Waals surface area contributed by atoms with Crippen LogP contribution in [0, 0.1) is 11.8 Å². The summed E-state index contributed by atoms with van der Waals surface area (Å²) >= 11 is 0. The van der Waals surface area contributed by atoms with Crippen molar-refractivity contribution < 1.29 is 46.2 Å². The number of H-pyrrole nitrogens is 2. The first kappa shape index (κ1) is 48.6. The van der Waals surface area contributed by atoms with E-state index < -0.39 is 54.0 Å². The van der Waals surface area contributed by atoms with Gasteiger partial charge in [-0.25, -0.2) is 37.1 Å². The van der Waals surface area contributed by atoms with Crippen molar-refractivity contribution in [2.75, 3.05) is 14.2 Å². The van der Waals surface area contributed by atoms with E-state index in [-0.39, 0.29) is 81.3 Å². The quantitative estimate of drug-likeness (QED) is 0.0946. The molecule has 2 aliphatic heterocycles. The van der Waals surface area contributed by atoms with Gasteiger partial charge in [-0.1, -0.05) is 48.5 Å². The van der Waals surface area contributed by atoms with Crippen LogP contribution in [0.2, 0.25) is 0 Å². The first-order valence-electron chi connectivity index (χ1n) is 24.3. The number of likely N-dealkylation sites (tertiary alicyclic amines) is 2. The van der Waals surface area contributed by atoms with Crippen LogP contribution in [-0.4, -0.2) is 104 Å². The minimum Gasteiger partial charge on any atom is -0.453 e. The van der Waals surface area contributed by atoms with Gasteiger partial charge >= 0.3 is 12.2 Å². The molecule has 18 heteroatoms. The van der Waals surface area contributed by atoms with Crippen molar-refractivity contribution in [2.24, 2.45) is 11.8 Å². The number of halogens is 4. The molecular formula is C52H60F4N8O6. The van der Waals surface area contributed by atoms with E-state index in [1.807, 2.05) is 44.2 Å². The number of fused-ring (bicyclic) bond motifs is 1. The molecular weight excluding hydrogens is 909 g/mol. The first-order valence-corrected chi connectivity index (χ1v) is 24.3. The van der Waals surface area contributed by atoms with Gasteiger partial charge in [0.25, 0.3) is 0 Å². The highest BCUT2D eigenvalue weighted by Gasteiger charge is 2.47. The largest absolute Gasteiger partial charge is 0.453 e. The molecule has 14 nitrogen and oxygen atoms in total. The van der Waals surface area contributed by atoms with Crippen LogP contribution < -0.4 is 10.6 Å². The summed E-state index contributed by atoms with van der Waals surface area (Å²) in [4.78, 5) is 73.1. The summed E-state index contributed by atoms with van der Waals surface area (Å²) in [5.74, 6) is -5.88. The Bertz CT molecular complexity index is 2710. The average Bonchev–Trinajstić information content (AvgIpc) is 4.19. The molecule has 2 saturated carbocycles. The molecule has 6 atom stereocenters. The standard InChI is InChI=1S/C52H60F4N8O6/c1-29-5-15-41(63(29)47(65)43(61-49(67)69-3)33-17-21-51(53,54)22-18-33)45-57-27-39(59-45)32-9-7-31(8-10-32)35-11-12-37-26-38(14-13-36(37)25-35)40-28-58-46(60-40)42-16-6-30(2)64(42)48(66)44(62-50(68)70-4)34-19-23-52(55,56)24-20-34/h7-14,25-30,33-34,41-44H,5-6,15-24H2,1-4H3,(H,57,59)(H,58,60)(H,61,67)(H,62,68)/t29-,30-,41-,42-,43-,44?/m0/s1. The molecule has 2 saturated heterocycles. The Morgan fingerprint density at radius 3 is 1.40 bits per heavy atom. The second-order valence-corrected chi connectivity index (χ2v) is 19.7. The van der Waals surface area contributed by atoms with Crippen molar-refractivity contribution in [1.82, 2.24) is 40.4 Å². The highest BCUT2D eigenvalue weighted by atomic mass is 19.3. The summed E-state index contributed by atoms with van der Waals surface area (Å²) in [5.41, 5.74) is 5.39. The zero-order valence-corrected chi connectivity index (χ0v) is 39.8. The molecule has 0 spiro atoms. The molecule has 2 aromatic heterocycles. The number of aromatic nitrogens is 4. The van der Waals surface area contributed by atoms with Crippen LogP contribution in [0.15, 0.2) is 73.1 Å². The number of hydrogen-bond acceptors (Lipinski definition) is 8. The van der Waals surface area contributed by atoms with E-state index in [2.05, 4.69) is 50.9 Å². The highest BCUT2D eigenvalue weighted by molar-refractivity contribution is 5.91. The molecule has 4 amide bonds.